The van der Waals surface area contributed by atoms with Crippen molar-refractivity contribution in [1.82, 2.24) is 4.98 Å². The lowest BCUT2D eigenvalue weighted by Gasteiger charge is -2.12. The summed E-state index contributed by atoms with van der Waals surface area (Å²) in [6, 6.07) is 9.29. The molecule has 0 fully saturated rings. The van der Waals surface area contributed by atoms with Crippen LogP contribution in [0.4, 0.5) is 18.9 Å². The summed E-state index contributed by atoms with van der Waals surface area (Å²) in [6.45, 7) is 1.92. The summed E-state index contributed by atoms with van der Waals surface area (Å²) in [4.78, 5) is 19.9. The molecule has 0 unspecified atom stereocenters. The van der Waals surface area contributed by atoms with Gasteiger partial charge in [0.05, 0.1) is 11.6 Å². The molecular weight excluding hydrogens is 373 g/mol. The van der Waals surface area contributed by atoms with Crippen LogP contribution in [0, 0.1) is 0 Å². The van der Waals surface area contributed by atoms with Crippen LogP contribution in [-0.2, 0) is 17.3 Å². The summed E-state index contributed by atoms with van der Waals surface area (Å²) in [5.41, 5.74) is 6.14. The number of hydrogen-bond acceptors (Lipinski definition) is 5. The first-order chi connectivity index (χ1) is 13.2. The van der Waals surface area contributed by atoms with Crippen LogP contribution in [0.3, 0.4) is 0 Å². The number of aliphatic imine (C=N–C) groups is 1. The van der Waals surface area contributed by atoms with E-state index in [9.17, 15) is 18.0 Å². The number of pyridine rings is 1. The second kappa shape index (κ2) is 7.87. The third-order valence-corrected chi connectivity index (χ3v) is 4.41. The van der Waals surface area contributed by atoms with Crippen LogP contribution in [0.2, 0.25) is 0 Å². The van der Waals surface area contributed by atoms with E-state index in [2.05, 4.69) is 15.3 Å². The molecule has 0 radical (unpaired) electrons. The lowest BCUT2D eigenvalue weighted by atomic mass is 10.0. The first kappa shape index (κ1) is 19.7. The van der Waals surface area contributed by atoms with Gasteiger partial charge in [-0.1, -0.05) is 12.1 Å². The monoisotopic (exact) mass is 392 g/mol. The fraction of sp³-hybridized carbons (Fsp3) is 0.316. The summed E-state index contributed by atoms with van der Waals surface area (Å²) in [5, 5.41) is 2.61. The van der Waals surface area contributed by atoms with Gasteiger partial charge in [0.2, 0.25) is 0 Å². The number of nitrogens with two attached hydrogens (primary N) is 1. The number of amides is 1. The average molecular weight is 392 g/mol. The minimum absolute atomic E-state index is 0.0186. The van der Waals surface area contributed by atoms with E-state index in [0.717, 1.165) is 30.5 Å². The summed E-state index contributed by atoms with van der Waals surface area (Å²) in [7, 11) is 0. The highest BCUT2D eigenvalue weighted by Crippen LogP contribution is 2.28. The number of halogens is 3. The van der Waals surface area contributed by atoms with Crippen LogP contribution in [-0.4, -0.2) is 29.1 Å². The molecule has 1 aromatic heterocycles. The van der Waals surface area contributed by atoms with Crippen molar-refractivity contribution < 1.29 is 22.7 Å². The number of nitrogens with zero attached hydrogens (tertiary/aromatic N) is 2. The number of carbonyl (C=O) groups is 1. The zero-order valence-corrected chi connectivity index (χ0v) is 15.0. The van der Waals surface area contributed by atoms with Crippen LogP contribution in [0.15, 0.2) is 47.6 Å². The fourth-order valence-corrected chi connectivity index (χ4v) is 2.83. The lowest BCUT2D eigenvalue weighted by Crippen LogP contribution is -2.20. The highest BCUT2D eigenvalue weighted by Gasteiger charge is 2.31. The van der Waals surface area contributed by atoms with E-state index in [-0.39, 0.29) is 23.9 Å². The maximum atomic E-state index is 12.5. The van der Waals surface area contributed by atoms with Crippen LogP contribution >= 0.6 is 0 Å². The summed E-state index contributed by atoms with van der Waals surface area (Å²) >= 11 is 0. The third kappa shape index (κ3) is 4.79. The summed E-state index contributed by atoms with van der Waals surface area (Å²) in [6.07, 6.45) is -2.35. The Morgan fingerprint density at radius 3 is 2.46 bits per heavy atom. The Labute approximate surface area is 159 Å². The molecule has 28 heavy (non-hydrogen) atoms. The number of aryl methyl sites for hydroxylation is 1. The van der Waals surface area contributed by atoms with E-state index in [1.807, 2.05) is 19.1 Å². The summed E-state index contributed by atoms with van der Waals surface area (Å²) < 4.78 is 42.9. The normalized spacial score (nSPS) is 19.1. The predicted molar refractivity (Wildman–Crippen MR) is 97.9 cm³/mol. The lowest BCUT2D eigenvalue weighted by molar-refractivity contribution is -0.137. The van der Waals surface area contributed by atoms with Crippen molar-refractivity contribution in [3.05, 3.63) is 59.4 Å². The Balaban J connectivity index is 1.56. The van der Waals surface area contributed by atoms with Crippen LogP contribution in [0.1, 0.15) is 35.0 Å². The Morgan fingerprint density at radius 1 is 1.21 bits per heavy atom. The quantitative estimate of drug-likeness (QED) is 0.816. The van der Waals surface area contributed by atoms with Gasteiger partial charge in [0.1, 0.15) is 11.8 Å². The topological polar surface area (TPSA) is 89.6 Å². The second-order valence-corrected chi connectivity index (χ2v) is 6.48. The zero-order chi connectivity index (χ0) is 20.3. The molecule has 2 atom stereocenters. The molecule has 1 amide bonds. The maximum absolute atomic E-state index is 12.5. The molecular formula is C19H19F3N4O2. The Bertz CT molecular complexity index is 864. The van der Waals surface area contributed by atoms with Gasteiger partial charge in [-0.25, -0.2) is 4.99 Å². The fourth-order valence-electron chi connectivity index (χ4n) is 2.83. The largest absolute Gasteiger partial charge is 0.460 e. The van der Waals surface area contributed by atoms with Gasteiger partial charge in [-0.05, 0) is 49.6 Å². The molecule has 0 bridgehead atoms. The Morgan fingerprint density at radius 2 is 1.93 bits per heavy atom. The number of amidine groups is 1. The number of carbonyl (C=O) groups excluding carboxylic acids is 1. The van der Waals surface area contributed by atoms with Crippen molar-refractivity contribution in [2.75, 3.05) is 5.32 Å². The van der Waals surface area contributed by atoms with E-state index in [1.165, 1.54) is 0 Å². The number of anilines is 1. The SMILES string of the molecule is C[C@@H]1OC(N)=N[C@H]1CCc1ccc(NC(=O)c2ccc(C(F)(F)F)cn2)cc1. The zero-order valence-electron chi connectivity index (χ0n) is 15.0. The first-order valence-corrected chi connectivity index (χ1v) is 8.66. The van der Waals surface area contributed by atoms with Gasteiger partial charge in [-0.15, -0.1) is 0 Å². The number of nitrogens with one attached hydrogen (secondary N) is 1. The molecule has 1 aliphatic rings. The molecule has 3 N–H and O–H groups in total. The predicted octanol–water partition coefficient (Wildman–Crippen LogP) is 3.39. The van der Waals surface area contributed by atoms with E-state index >= 15 is 0 Å². The van der Waals surface area contributed by atoms with Crippen LogP contribution < -0.4 is 11.1 Å². The van der Waals surface area contributed by atoms with E-state index < -0.39 is 17.6 Å². The average Bonchev–Trinajstić information content (AvgIpc) is 2.98. The molecule has 0 saturated carbocycles. The van der Waals surface area contributed by atoms with E-state index in [4.69, 9.17) is 10.5 Å². The van der Waals surface area contributed by atoms with Gasteiger partial charge in [-0.2, -0.15) is 13.2 Å². The number of ether oxygens (including phenoxy) is 1. The number of alkyl halides is 3. The van der Waals surface area contributed by atoms with Gasteiger partial charge in [0.25, 0.3) is 11.9 Å². The van der Waals surface area contributed by atoms with Crippen molar-refractivity contribution >= 4 is 17.6 Å². The molecule has 0 spiro atoms. The maximum Gasteiger partial charge on any atom is 0.417 e. The molecule has 1 aliphatic heterocycles. The molecule has 1 aromatic carbocycles. The molecule has 148 valence electrons. The number of rotatable bonds is 5. The summed E-state index contributed by atoms with van der Waals surface area (Å²) in [5.74, 6) is -0.580. The minimum Gasteiger partial charge on any atom is -0.460 e. The smallest absolute Gasteiger partial charge is 0.417 e. The third-order valence-electron chi connectivity index (χ3n) is 4.41. The minimum atomic E-state index is -4.49. The first-order valence-electron chi connectivity index (χ1n) is 8.66. The highest BCUT2D eigenvalue weighted by molar-refractivity contribution is 6.02. The van der Waals surface area contributed by atoms with Gasteiger partial charge in [-0.3, -0.25) is 9.78 Å². The van der Waals surface area contributed by atoms with Crippen LogP contribution in [0.25, 0.3) is 0 Å². The van der Waals surface area contributed by atoms with Crippen molar-refractivity contribution in [3.8, 4) is 0 Å². The molecule has 9 heteroatoms. The van der Waals surface area contributed by atoms with Crippen molar-refractivity contribution in [3.63, 3.8) is 0 Å². The van der Waals surface area contributed by atoms with Crippen LogP contribution in [0.5, 0.6) is 0 Å². The van der Waals surface area contributed by atoms with E-state index in [0.29, 0.717) is 11.9 Å². The van der Waals surface area contributed by atoms with Gasteiger partial charge in [0.15, 0.2) is 0 Å². The molecule has 2 heterocycles. The number of hydrogen-bond donors (Lipinski definition) is 2. The Kier molecular flexibility index (Phi) is 5.53. The molecule has 0 saturated heterocycles. The molecule has 2 aromatic rings. The standard InChI is InChI=1S/C19H19F3N4O2/c1-11-15(26-18(23)28-11)8-4-12-2-6-14(7-3-12)25-17(27)16-9-5-13(10-24-16)19(20,21)22/h2-3,5-7,9-11,15H,4,8H2,1H3,(H2,23,26)(H,25,27)/t11-,15-/m0/s1. The second-order valence-electron chi connectivity index (χ2n) is 6.48. The molecule has 0 aliphatic carbocycles. The molecule has 3 rings (SSSR count). The van der Waals surface area contributed by atoms with Crippen molar-refractivity contribution in [2.45, 2.75) is 38.1 Å². The highest BCUT2D eigenvalue weighted by atomic mass is 19.4. The molecule has 6 nitrogen and oxygen atoms in total. The number of aromatic nitrogens is 1. The van der Waals surface area contributed by atoms with Gasteiger partial charge >= 0.3 is 6.18 Å². The van der Waals surface area contributed by atoms with Crippen molar-refractivity contribution in [1.29, 1.82) is 0 Å². The van der Waals surface area contributed by atoms with Crippen molar-refractivity contribution in [2.24, 2.45) is 10.7 Å². The number of benzene rings is 1. The van der Waals surface area contributed by atoms with E-state index in [1.54, 1.807) is 12.1 Å². The van der Waals surface area contributed by atoms with Gasteiger partial charge in [0, 0.05) is 11.9 Å². The Hall–Kier alpha value is -3.10. The van der Waals surface area contributed by atoms with Gasteiger partial charge < -0.3 is 15.8 Å².